The zero-order valence-electron chi connectivity index (χ0n) is 13.0. The van der Waals surface area contributed by atoms with Gasteiger partial charge in [0.2, 0.25) is 0 Å². The fraction of sp³-hybridized carbons (Fsp3) is 0.312. The van der Waals surface area contributed by atoms with Crippen LogP contribution in [0.15, 0.2) is 30.6 Å². The summed E-state index contributed by atoms with van der Waals surface area (Å²) in [7, 11) is 0. The third-order valence-corrected chi connectivity index (χ3v) is 3.77. The second-order valence-electron chi connectivity index (χ2n) is 5.30. The highest BCUT2D eigenvalue weighted by Gasteiger charge is 2.18. The average Bonchev–Trinajstić information content (AvgIpc) is 2.91. The van der Waals surface area contributed by atoms with E-state index in [1.807, 2.05) is 13.8 Å². The zero-order valence-corrected chi connectivity index (χ0v) is 13.0. The lowest BCUT2D eigenvalue weighted by atomic mass is 10.2. The minimum Gasteiger partial charge on any atom is -0.394 e. The molecule has 0 bridgehead atoms. The highest BCUT2D eigenvalue weighted by Crippen LogP contribution is 2.26. The van der Waals surface area contributed by atoms with Gasteiger partial charge < -0.3 is 10.4 Å². The monoisotopic (exact) mass is 315 g/mol. The van der Waals surface area contributed by atoms with E-state index in [-0.39, 0.29) is 18.5 Å². The summed E-state index contributed by atoms with van der Waals surface area (Å²) in [6.45, 7) is 3.80. The molecule has 0 spiro atoms. The van der Waals surface area contributed by atoms with Crippen LogP contribution in [-0.4, -0.2) is 37.5 Å². The minimum absolute atomic E-state index is 0.00247. The number of aryl methyl sites for hydroxylation is 1. The Hall–Kier alpha value is -2.54. The lowest BCUT2D eigenvalue weighted by molar-refractivity contribution is 0.271. The molecule has 120 valence electrons. The van der Waals surface area contributed by atoms with Gasteiger partial charge in [0.1, 0.15) is 23.6 Å². The van der Waals surface area contributed by atoms with Gasteiger partial charge in [-0.3, -0.25) is 0 Å². The predicted molar refractivity (Wildman–Crippen MR) is 86.1 cm³/mol. The van der Waals surface area contributed by atoms with Crippen molar-refractivity contribution in [1.29, 1.82) is 0 Å². The molecule has 0 aliphatic carbocycles. The third kappa shape index (κ3) is 2.75. The topological polar surface area (TPSA) is 75.9 Å². The van der Waals surface area contributed by atoms with Gasteiger partial charge in [-0.25, -0.2) is 19.0 Å². The summed E-state index contributed by atoms with van der Waals surface area (Å²) in [5.74, 6) is 0.225. The number of fused-ring (bicyclic) bond motifs is 1. The van der Waals surface area contributed by atoms with Crippen molar-refractivity contribution in [1.82, 2.24) is 19.7 Å². The number of aliphatic hydroxyl groups is 1. The van der Waals surface area contributed by atoms with Crippen LogP contribution in [0.3, 0.4) is 0 Å². The summed E-state index contributed by atoms with van der Waals surface area (Å²) >= 11 is 0. The van der Waals surface area contributed by atoms with Crippen molar-refractivity contribution >= 4 is 16.9 Å². The molecule has 0 fully saturated rings. The van der Waals surface area contributed by atoms with Crippen LogP contribution in [0.25, 0.3) is 16.7 Å². The van der Waals surface area contributed by atoms with Gasteiger partial charge in [-0.2, -0.15) is 5.10 Å². The number of anilines is 1. The fourth-order valence-electron chi connectivity index (χ4n) is 2.49. The van der Waals surface area contributed by atoms with Crippen molar-refractivity contribution in [2.45, 2.75) is 26.3 Å². The highest BCUT2D eigenvalue weighted by atomic mass is 19.1. The fourth-order valence-corrected chi connectivity index (χ4v) is 2.49. The van der Waals surface area contributed by atoms with Gasteiger partial charge in [0.05, 0.1) is 23.7 Å². The molecule has 1 unspecified atom stereocenters. The van der Waals surface area contributed by atoms with Crippen molar-refractivity contribution in [3.05, 3.63) is 42.1 Å². The van der Waals surface area contributed by atoms with Gasteiger partial charge in [0.15, 0.2) is 5.65 Å². The van der Waals surface area contributed by atoms with E-state index in [0.29, 0.717) is 22.8 Å². The van der Waals surface area contributed by atoms with Crippen LogP contribution in [0.1, 0.15) is 19.0 Å². The van der Waals surface area contributed by atoms with E-state index in [1.165, 1.54) is 17.1 Å². The molecule has 0 saturated heterocycles. The standard InChI is InChI=1S/C16H18FN5O/c1-3-11(8-23)20-15-14-10(2)21-22(16(14)19-9-18-15)13-7-5-4-6-12(13)17/h4-7,9,11,23H,3,8H2,1-2H3,(H,18,19,20). The van der Waals surface area contributed by atoms with Crippen LogP contribution in [0, 0.1) is 12.7 Å². The molecule has 3 rings (SSSR count). The molecule has 6 nitrogen and oxygen atoms in total. The number of hydrogen-bond donors (Lipinski definition) is 2. The Kier molecular flexibility index (Phi) is 4.20. The first-order chi connectivity index (χ1) is 11.2. The Bertz CT molecular complexity index is 828. The average molecular weight is 315 g/mol. The molecular formula is C16H18FN5O. The van der Waals surface area contributed by atoms with E-state index in [1.54, 1.807) is 18.2 Å². The Morgan fingerprint density at radius 3 is 2.78 bits per heavy atom. The number of aliphatic hydroxyl groups excluding tert-OH is 1. The maximum absolute atomic E-state index is 14.1. The second kappa shape index (κ2) is 6.29. The number of aromatic nitrogens is 4. The predicted octanol–water partition coefficient (Wildman–Crippen LogP) is 2.45. The Morgan fingerprint density at radius 1 is 1.30 bits per heavy atom. The lowest BCUT2D eigenvalue weighted by Gasteiger charge is -2.15. The zero-order chi connectivity index (χ0) is 16.4. The summed E-state index contributed by atoms with van der Waals surface area (Å²) in [6, 6.07) is 6.31. The van der Waals surface area contributed by atoms with E-state index in [0.717, 1.165) is 11.8 Å². The number of hydrogen-bond acceptors (Lipinski definition) is 5. The van der Waals surface area contributed by atoms with Crippen LogP contribution in [-0.2, 0) is 0 Å². The van der Waals surface area contributed by atoms with Gasteiger partial charge >= 0.3 is 0 Å². The molecule has 23 heavy (non-hydrogen) atoms. The van der Waals surface area contributed by atoms with E-state index in [2.05, 4.69) is 20.4 Å². The van der Waals surface area contributed by atoms with E-state index >= 15 is 0 Å². The normalized spacial score (nSPS) is 12.5. The molecule has 7 heteroatoms. The van der Waals surface area contributed by atoms with E-state index in [9.17, 15) is 9.50 Å². The van der Waals surface area contributed by atoms with Gasteiger partial charge in [0, 0.05) is 0 Å². The van der Waals surface area contributed by atoms with Crippen LogP contribution in [0.5, 0.6) is 0 Å². The molecule has 0 saturated carbocycles. The molecule has 0 aliphatic heterocycles. The number of para-hydroxylation sites is 1. The first-order valence-electron chi connectivity index (χ1n) is 7.48. The van der Waals surface area contributed by atoms with E-state index < -0.39 is 0 Å². The van der Waals surface area contributed by atoms with Gasteiger partial charge in [0.25, 0.3) is 0 Å². The van der Waals surface area contributed by atoms with Gasteiger partial charge in [-0.1, -0.05) is 19.1 Å². The Balaban J connectivity index is 2.16. The Morgan fingerprint density at radius 2 is 2.09 bits per heavy atom. The summed E-state index contributed by atoms with van der Waals surface area (Å²) in [4.78, 5) is 8.51. The molecule has 2 N–H and O–H groups in total. The lowest BCUT2D eigenvalue weighted by Crippen LogP contribution is -2.23. The van der Waals surface area contributed by atoms with Crippen LogP contribution in [0.4, 0.5) is 10.2 Å². The molecule has 1 aromatic carbocycles. The van der Waals surface area contributed by atoms with Crippen molar-refractivity contribution < 1.29 is 9.50 Å². The summed E-state index contributed by atoms with van der Waals surface area (Å²) in [6.07, 6.45) is 2.16. The van der Waals surface area contributed by atoms with Crippen molar-refractivity contribution in [2.75, 3.05) is 11.9 Å². The minimum atomic E-state index is -0.369. The van der Waals surface area contributed by atoms with E-state index in [4.69, 9.17) is 0 Å². The van der Waals surface area contributed by atoms with Gasteiger partial charge in [-0.05, 0) is 25.5 Å². The quantitative estimate of drug-likeness (QED) is 0.756. The van der Waals surface area contributed by atoms with Crippen molar-refractivity contribution in [3.63, 3.8) is 0 Å². The maximum Gasteiger partial charge on any atom is 0.168 e. The number of nitrogens with one attached hydrogen (secondary N) is 1. The van der Waals surface area contributed by atoms with Crippen LogP contribution in [0.2, 0.25) is 0 Å². The second-order valence-corrected chi connectivity index (χ2v) is 5.30. The largest absolute Gasteiger partial charge is 0.394 e. The molecule has 0 radical (unpaired) electrons. The number of rotatable bonds is 5. The summed E-state index contributed by atoms with van der Waals surface area (Å²) in [5.41, 5.74) is 1.56. The molecular weight excluding hydrogens is 297 g/mol. The SMILES string of the molecule is CCC(CO)Nc1ncnc2c1c(C)nn2-c1ccccc1F. The smallest absolute Gasteiger partial charge is 0.168 e. The number of benzene rings is 1. The molecule has 2 aromatic heterocycles. The first kappa shape index (κ1) is 15.4. The number of halogens is 1. The number of nitrogens with zero attached hydrogens (tertiary/aromatic N) is 4. The summed E-state index contributed by atoms with van der Waals surface area (Å²) in [5, 5.41) is 17.7. The van der Waals surface area contributed by atoms with Crippen molar-refractivity contribution in [3.8, 4) is 5.69 Å². The molecule has 3 aromatic rings. The molecule has 1 atom stereocenters. The van der Waals surface area contributed by atoms with Gasteiger partial charge in [-0.15, -0.1) is 0 Å². The third-order valence-electron chi connectivity index (χ3n) is 3.77. The first-order valence-corrected chi connectivity index (χ1v) is 7.48. The maximum atomic E-state index is 14.1. The highest BCUT2D eigenvalue weighted by molar-refractivity contribution is 5.90. The molecule has 0 amide bonds. The van der Waals surface area contributed by atoms with Crippen LogP contribution >= 0.6 is 0 Å². The van der Waals surface area contributed by atoms with Crippen molar-refractivity contribution in [2.24, 2.45) is 0 Å². The molecule has 2 heterocycles. The van der Waals surface area contributed by atoms with Crippen LogP contribution < -0.4 is 5.32 Å². The Labute approximate surface area is 133 Å². The summed E-state index contributed by atoms with van der Waals surface area (Å²) < 4.78 is 15.6. The molecule has 0 aliphatic rings.